The van der Waals surface area contributed by atoms with E-state index in [0.29, 0.717) is 0 Å². The molecule has 0 radical (unpaired) electrons. The van der Waals surface area contributed by atoms with E-state index in [4.69, 9.17) is 0 Å². The van der Waals surface area contributed by atoms with Crippen molar-refractivity contribution < 1.29 is 4.79 Å². The molecule has 0 saturated heterocycles. The highest BCUT2D eigenvalue weighted by Crippen LogP contribution is 2.27. The van der Waals surface area contributed by atoms with E-state index in [1.54, 1.807) is 23.5 Å². The van der Waals surface area contributed by atoms with Crippen LogP contribution in [-0.4, -0.2) is 22.6 Å². The SMILES string of the molecule is Cc1ccc(NC(=O)c2ccccc2CSC2=NCCS2)c(C)c1. The Bertz CT molecular complexity index is 787. The van der Waals surface area contributed by atoms with Gasteiger partial charge in [0.25, 0.3) is 5.91 Å². The van der Waals surface area contributed by atoms with E-state index < -0.39 is 0 Å². The van der Waals surface area contributed by atoms with Crippen molar-refractivity contribution in [1.29, 1.82) is 0 Å². The molecule has 0 atom stereocenters. The smallest absolute Gasteiger partial charge is 0.255 e. The Kier molecular flexibility index (Phi) is 5.63. The van der Waals surface area contributed by atoms with Gasteiger partial charge in [0.1, 0.15) is 4.38 Å². The fourth-order valence-corrected chi connectivity index (χ4v) is 4.57. The molecule has 0 aromatic heterocycles. The molecule has 0 bridgehead atoms. The lowest BCUT2D eigenvalue weighted by molar-refractivity contribution is 0.102. The van der Waals surface area contributed by atoms with Crippen LogP contribution in [0.15, 0.2) is 47.5 Å². The van der Waals surface area contributed by atoms with Crippen molar-refractivity contribution in [3.05, 3.63) is 64.7 Å². The predicted molar refractivity (Wildman–Crippen MR) is 106 cm³/mol. The number of thioether (sulfide) groups is 2. The molecular formula is C19H20N2OS2. The predicted octanol–water partition coefficient (Wildman–Crippen LogP) is 4.89. The zero-order valence-electron chi connectivity index (χ0n) is 13.8. The van der Waals surface area contributed by atoms with Crippen molar-refractivity contribution in [2.75, 3.05) is 17.6 Å². The highest BCUT2D eigenvalue weighted by atomic mass is 32.2. The number of aryl methyl sites for hydroxylation is 2. The van der Waals surface area contributed by atoms with Gasteiger partial charge in [0, 0.05) is 22.8 Å². The molecule has 0 fully saturated rings. The number of nitrogens with zero attached hydrogens (tertiary/aromatic N) is 1. The molecule has 3 nitrogen and oxygen atoms in total. The Hall–Kier alpha value is -1.72. The first-order valence-electron chi connectivity index (χ1n) is 7.90. The topological polar surface area (TPSA) is 41.5 Å². The van der Waals surface area contributed by atoms with Gasteiger partial charge in [0.2, 0.25) is 0 Å². The van der Waals surface area contributed by atoms with Crippen LogP contribution in [0, 0.1) is 13.8 Å². The first-order valence-corrected chi connectivity index (χ1v) is 9.87. The van der Waals surface area contributed by atoms with E-state index in [9.17, 15) is 4.79 Å². The third-order valence-corrected chi connectivity index (χ3v) is 6.10. The molecule has 1 aliphatic rings. The summed E-state index contributed by atoms with van der Waals surface area (Å²) >= 11 is 3.51. The largest absolute Gasteiger partial charge is 0.322 e. The van der Waals surface area contributed by atoms with Gasteiger partial charge in [-0.1, -0.05) is 59.4 Å². The van der Waals surface area contributed by atoms with Crippen LogP contribution in [0.2, 0.25) is 0 Å². The van der Waals surface area contributed by atoms with Crippen molar-refractivity contribution in [1.82, 2.24) is 0 Å². The molecule has 0 spiro atoms. The van der Waals surface area contributed by atoms with Gasteiger partial charge >= 0.3 is 0 Å². The maximum Gasteiger partial charge on any atom is 0.255 e. The first-order chi connectivity index (χ1) is 11.6. The van der Waals surface area contributed by atoms with Crippen LogP contribution in [0.5, 0.6) is 0 Å². The Labute approximate surface area is 151 Å². The Balaban J connectivity index is 1.74. The number of benzene rings is 2. The quantitative estimate of drug-likeness (QED) is 0.848. The van der Waals surface area contributed by atoms with Gasteiger partial charge < -0.3 is 5.32 Å². The van der Waals surface area contributed by atoms with Crippen LogP contribution in [0.25, 0.3) is 0 Å². The number of amides is 1. The molecule has 2 aromatic carbocycles. The second kappa shape index (κ2) is 7.90. The van der Waals surface area contributed by atoms with E-state index in [1.165, 1.54) is 5.56 Å². The standard InChI is InChI=1S/C19H20N2OS2/c1-13-7-8-17(14(2)11-13)21-18(22)16-6-4-3-5-15(16)12-24-19-20-9-10-23-19/h3-8,11H,9-10,12H2,1-2H3,(H,21,22). The number of nitrogens with one attached hydrogen (secondary N) is 1. The molecule has 0 unspecified atom stereocenters. The number of anilines is 1. The number of carbonyl (C=O) groups is 1. The molecule has 5 heteroatoms. The monoisotopic (exact) mass is 356 g/mol. The van der Waals surface area contributed by atoms with Crippen molar-refractivity contribution >= 4 is 39.5 Å². The summed E-state index contributed by atoms with van der Waals surface area (Å²) in [7, 11) is 0. The molecule has 1 aliphatic heterocycles. The second-order valence-electron chi connectivity index (χ2n) is 5.71. The van der Waals surface area contributed by atoms with Gasteiger partial charge in [-0.25, -0.2) is 0 Å². The Morgan fingerprint density at radius 3 is 2.83 bits per heavy atom. The molecule has 1 amide bonds. The van der Waals surface area contributed by atoms with Crippen LogP contribution in [0.3, 0.4) is 0 Å². The minimum atomic E-state index is -0.0563. The molecule has 124 valence electrons. The van der Waals surface area contributed by atoms with Gasteiger partial charge in [0.15, 0.2) is 0 Å². The number of hydrogen-bond donors (Lipinski definition) is 1. The number of carbonyl (C=O) groups excluding carboxylic acids is 1. The number of rotatable bonds is 4. The highest BCUT2D eigenvalue weighted by molar-refractivity contribution is 8.38. The molecular weight excluding hydrogens is 336 g/mol. The van der Waals surface area contributed by atoms with E-state index in [-0.39, 0.29) is 5.91 Å². The van der Waals surface area contributed by atoms with Crippen LogP contribution in [0.1, 0.15) is 27.0 Å². The zero-order chi connectivity index (χ0) is 16.9. The minimum absolute atomic E-state index is 0.0563. The Morgan fingerprint density at radius 2 is 2.08 bits per heavy atom. The van der Waals surface area contributed by atoms with Gasteiger partial charge in [-0.15, -0.1) is 0 Å². The summed E-state index contributed by atoms with van der Waals surface area (Å²) < 4.78 is 1.12. The zero-order valence-corrected chi connectivity index (χ0v) is 15.5. The molecule has 1 heterocycles. The average molecular weight is 357 g/mol. The fourth-order valence-electron chi connectivity index (χ4n) is 2.55. The van der Waals surface area contributed by atoms with E-state index in [0.717, 1.165) is 44.8 Å². The summed E-state index contributed by atoms with van der Waals surface area (Å²) in [6, 6.07) is 13.8. The number of hydrogen-bond acceptors (Lipinski definition) is 4. The van der Waals surface area contributed by atoms with Gasteiger partial charge in [-0.2, -0.15) is 0 Å². The molecule has 2 aromatic rings. The lowest BCUT2D eigenvalue weighted by Gasteiger charge is -2.12. The molecule has 24 heavy (non-hydrogen) atoms. The summed E-state index contributed by atoms with van der Waals surface area (Å²) in [6.07, 6.45) is 0. The van der Waals surface area contributed by atoms with Gasteiger partial charge in [0.05, 0.1) is 6.54 Å². The second-order valence-corrected chi connectivity index (χ2v) is 8.02. The van der Waals surface area contributed by atoms with E-state index >= 15 is 0 Å². The maximum absolute atomic E-state index is 12.7. The van der Waals surface area contributed by atoms with E-state index in [2.05, 4.69) is 23.3 Å². The third kappa shape index (κ3) is 4.22. The normalized spacial score (nSPS) is 13.7. The van der Waals surface area contributed by atoms with Crippen molar-refractivity contribution in [3.63, 3.8) is 0 Å². The minimum Gasteiger partial charge on any atom is -0.322 e. The lowest BCUT2D eigenvalue weighted by atomic mass is 10.1. The van der Waals surface area contributed by atoms with Crippen LogP contribution < -0.4 is 5.32 Å². The summed E-state index contributed by atoms with van der Waals surface area (Å²) in [5, 5.41) is 3.04. The summed E-state index contributed by atoms with van der Waals surface area (Å²) in [6.45, 7) is 4.97. The maximum atomic E-state index is 12.7. The third-order valence-electron chi connectivity index (χ3n) is 3.80. The van der Waals surface area contributed by atoms with Crippen LogP contribution in [0.4, 0.5) is 5.69 Å². The lowest BCUT2D eigenvalue weighted by Crippen LogP contribution is -2.15. The fraction of sp³-hybridized carbons (Fsp3) is 0.263. The van der Waals surface area contributed by atoms with Crippen molar-refractivity contribution in [2.24, 2.45) is 4.99 Å². The van der Waals surface area contributed by atoms with Crippen LogP contribution in [-0.2, 0) is 5.75 Å². The van der Waals surface area contributed by atoms with Crippen molar-refractivity contribution in [3.8, 4) is 0 Å². The molecule has 0 aliphatic carbocycles. The summed E-state index contributed by atoms with van der Waals surface area (Å²) in [5.41, 5.74) is 4.90. The summed E-state index contributed by atoms with van der Waals surface area (Å²) in [5.74, 6) is 1.78. The van der Waals surface area contributed by atoms with E-state index in [1.807, 2.05) is 43.3 Å². The van der Waals surface area contributed by atoms with Crippen LogP contribution >= 0.6 is 23.5 Å². The molecule has 1 N–H and O–H groups in total. The van der Waals surface area contributed by atoms with Gasteiger partial charge in [-0.3, -0.25) is 9.79 Å². The first kappa shape index (κ1) is 17.1. The summed E-state index contributed by atoms with van der Waals surface area (Å²) in [4.78, 5) is 17.2. The Morgan fingerprint density at radius 1 is 1.25 bits per heavy atom. The number of aliphatic imine (C=N–C) groups is 1. The highest BCUT2D eigenvalue weighted by Gasteiger charge is 2.14. The van der Waals surface area contributed by atoms with Crippen molar-refractivity contribution in [2.45, 2.75) is 19.6 Å². The average Bonchev–Trinajstić information content (AvgIpc) is 3.09. The molecule has 0 saturated carbocycles. The molecule has 3 rings (SSSR count). The van der Waals surface area contributed by atoms with Gasteiger partial charge in [-0.05, 0) is 37.1 Å².